The number of nitrogens with two attached hydrogens (primary N) is 1. The lowest BCUT2D eigenvalue weighted by Crippen LogP contribution is -2.48. The van der Waals surface area contributed by atoms with Crippen molar-refractivity contribution < 1.29 is 19.4 Å². The second-order valence-corrected chi connectivity index (χ2v) is 12.7. The molecule has 0 radical (unpaired) electrons. The maximum Gasteiger partial charge on any atom is 0.324 e. The average molecular weight is 668 g/mol. The number of aliphatic carboxylic acids is 1. The molecule has 2 fully saturated rings. The predicted molar refractivity (Wildman–Crippen MR) is 179 cm³/mol. The summed E-state index contributed by atoms with van der Waals surface area (Å²) in [5.41, 5.74) is 10.4. The summed E-state index contributed by atoms with van der Waals surface area (Å²) in [6, 6.07) is 15.9. The molecule has 3 aliphatic rings. The van der Waals surface area contributed by atoms with Gasteiger partial charge in [-0.05, 0) is 85.9 Å². The number of hydrogen-bond donors (Lipinski definition) is 2. The van der Waals surface area contributed by atoms with Crippen molar-refractivity contribution in [1.82, 2.24) is 14.9 Å². The number of piperazine rings is 1. The van der Waals surface area contributed by atoms with E-state index in [9.17, 15) is 15.2 Å². The van der Waals surface area contributed by atoms with Gasteiger partial charge in [0.2, 0.25) is 5.95 Å². The summed E-state index contributed by atoms with van der Waals surface area (Å²) >= 11 is 6.00. The van der Waals surface area contributed by atoms with Crippen LogP contribution in [0, 0.1) is 22.7 Å². The molecule has 46 heavy (non-hydrogen) atoms. The molecular formula is C34H40Cl2N6O4. The van der Waals surface area contributed by atoms with Crippen LogP contribution in [0.3, 0.4) is 0 Å². The number of rotatable bonds is 10. The van der Waals surface area contributed by atoms with Gasteiger partial charge in [-0.1, -0.05) is 23.7 Å². The first-order chi connectivity index (χ1) is 21.8. The van der Waals surface area contributed by atoms with Gasteiger partial charge in [-0.15, -0.1) is 12.4 Å². The Morgan fingerprint density at radius 2 is 1.83 bits per heavy atom. The highest BCUT2D eigenvalue weighted by atomic mass is 35.5. The van der Waals surface area contributed by atoms with Crippen LogP contribution in [-0.4, -0.2) is 71.9 Å². The number of anilines is 2. The van der Waals surface area contributed by atoms with Gasteiger partial charge in [0.05, 0.1) is 18.4 Å². The Kier molecular flexibility index (Phi) is 10.9. The molecule has 0 spiro atoms. The van der Waals surface area contributed by atoms with Gasteiger partial charge in [-0.25, -0.2) is 4.98 Å². The van der Waals surface area contributed by atoms with Crippen molar-refractivity contribution in [3.8, 4) is 23.1 Å². The second kappa shape index (κ2) is 14.9. The van der Waals surface area contributed by atoms with Crippen molar-refractivity contribution in [3.63, 3.8) is 0 Å². The van der Waals surface area contributed by atoms with Crippen LogP contribution in [0.2, 0.25) is 5.02 Å². The van der Waals surface area contributed by atoms with Gasteiger partial charge in [-0.3, -0.25) is 9.69 Å². The second-order valence-electron chi connectivity index (χ2n) is 12.3. The van der Waals surface area contributed by atoms with E-state index in [2.05, 4.69) is 26.9 Å². The number of aryl methyl sites for hydroxylation is 1. The zero-order chi connectivity index (χ0) is 31.4. The minimum Gasteiger partial charge on any atom is -0.489 e. The Bertz CT molecular complexity index is 1570. The van der Waals surface area contributed by atoms with Crippen molar-refractivity contribution in [2.75, 3.05) is 56.6 Å². The summed E-state index contributed by atoms with van der Waals surface area (Å²) in [4.78, 5) is 25.6. The number of halogens is 2. The maximum absolute atomic E-state index is 11.5. The van der Waals surface area contributed by atoms with Gasteiger partial charge in [0.15, 0.2) is 5.41 Å². The highest BCUT2D eigenvalue weighted by Crippen LogP contribution is 2.40. The van der Waals surface area contributed by atoms with Crippen molar-refractivity contribution in [1.29, 1.82) is 5.26 Å². The molecule has 0 unspecified atom stereocenters. The molecule has 244 valence electrons. The summed E-state index contributed by atoms with van der Waals surface area (Å²) < 4.78 is 12.1. The van der Waals surface area contributed by atoms with Crippen molar-refractivity contribution in [2.24, 2.45) is 11.3 Å². The minimum absolute atomic E-state index is 0. The third-order valence-electron chi connectivity index (χ3n) is 9.46. The molecular weight excluding hydrogens is 627 g/mol. The number of hydrogen-bond acceptors (Lipinski definition) is 9. The molecule has 1 saturated carbocycles. The molecule has 2 heterocycles. The number of fused-ring (bicyclic) bond motifs is 3. The molecule has 1 aromatic heterocycles. The average Bonchev–Trinajstić information content (AvgIpc) is 3.06. The van der Waals surface area contributed by atoms with Crippen LogP contribution in [0.25, 0.3) is 11.3 Å². The first-order valence-corrected chi connectivity index (χ1v) is 16.1. The zero-order valence-corrected chi connectivity index (χ0v) is 27.4. The van der Waals surface area contributed by atoms with Crippen LogP contribution in [0.4, 0.5) is 11.8 Å². The van der Waals surface area contributed by atoms with E-state index >= 15 is 0 Å². The molecule has 0 atom stereocenters. The first-order valence-electron chi connectivity index (χ1n) is 15.7. The maximum atomic E-state index is 11.5. The Hall–Kier alpha value is -3.62. The molecule has 3 N–H and O–H groups in total. The molecule has 3 aromatic rings. The van der Waals surface area contributed by atoms with Gasteiger partial charge in [0.25, 0.3) is 0 Å². The number of ether oxygens (including phenoxy) is 2. The number of carbonyl (C=O) groups is 1. The Labute approximate surface area is 280 Å². The summed E-state index contributed by atoms with van der Waals surface area (Å²) in [7, 11) is 0. The van der Waals surface area contributed by atoms with Crippen LogP contribution in [0.1, 0.15) is 42.4 Å². The largest absolute Gasteiger partial charge is 0.489 e. The van der Waals surface area contributed by atoms with E-state index in [1.165, 1.54) is 5.56 Å². The number of carboxylic acids is 1. The lowest BCUT2D eigenvalue weighted by atomic mass is 9.71. The van der Waals surface area contributed by atoms with E-state index in [1.807, 2.05) is 36.4 Å². The van der Waals surface area contributed by atoms with E-state index < -0.39 is 11.4 Å². The fourth-order valence-electron chi connectivity index (χ4n) is 6.65. The first kappa shape index (κ1) is 33.7. The Balaban J connectivity index is 0.00000417. The minimum atomic E-state index is -1.22. The van der Waals surface area contributed by atoms with E-state index in [1.54, 1.807) is 0 Å². The van der Waals surface area contributed by atoms with Crippen LogP contribution in [0.15, 0.2) is 42.5 Å². The summed E-state index contributed by atoms with van der Waals surface area (Å²) in [5.74, 6) is 1.37. The molecule has 6 rings (SSSR count). The van der Waals surface area contributed by atoms with Crippen molar-refractivity contribution >= 4 is 41.7 Å². The number of nitriles is 1. The van der Waals surface area contributed by atoms with E-state index in [4.69, 9.17) is 31.8 Å². The van der Waals surface area contributed by atoms with E-state index in [-0.39, 0.29) is 18.4 Å². The third-order valence-corrected chi connectivity index (χ3v) is 9.71. The number of benzene rings is 2. The van der Waals surface area contributed by atoms with E-state index in [0.717, 1.165) is 79.5 Å². The highest BCUT2D eigenvalue weighted by molar-refractivity contribution is 6.30. The fourth-order valence-corrected chi connectivity index (χ4v) is 6.77. The van der Waals surface area contributed by atoms with Crippen molar-refractivity contribution in [2.45, 2.75) is 45.1 Å². The summed E-state index contributed by atoms with van der Waals surface area (Å²) in [5, 5.41) is 19.5. The van der Waals surface area contributed by atoms with Crippen LogP contribution in [0.5, 0.6) is 5.75 Å². The molecule has 12 heteroatoms. The standard InChI is InChI=1S/C34H39ClN6O4.ClH/c35-26-4-1-23(2-5-26)21-45-27-6-8-28-25(19-27)3-7-29-30(28)38-33(37)39-31(29)41-15-13-40(14-16-41)17-18-44-20-24-9-11-34(22-36,12-10-24)32(42)43;/h1-2,4-6,8,19,24H,3,7,9-18,20-21H2,(H,42,43)(H2,37,38,39);1H/t24-,34-;. The van der Waals surface area contributed by atoms with Gasteiger partial charge in [0.1, 0.15) is 18.2 Å². The lowest BCUT2D eigenvalue weighted by Gasteiger charge is -2.37. The van der Waals surface area contributed by atoms with Gasteiger partial charge in [0, 0.05) is 55.5 Å². The van der Waals surface area contributed by atoms with E-state index in [0.29, 0.717) is 56.4 Å². The number of nitrogens with zero attached hydrogens (tertiary/aromatic N) is 5. The lowest BCUT2D eigenvalue weighted by molar-refractivity contribution is -0.147. The zero-order valence-electron chi connectivity index (χ0n) is 25.8. The number of nitrogen functional groups attached to an aromatic ring is 1. The molecule has 2 aliphatic carbocycles. The highest BCUT2D eigenvalue weighted by Gasteiger charge is 2.42. The monoisotopic (exact) mass is 666 g/mol. The quantitative estimate of drug-likeness (QED) is 0.270. The number of aromatic nitrogens is 2. The SMILES string of the molecule is Cl.N#C[C@]1(C(=O)O)CC[C@H](COCCN2CCN(c3nc(N)nc4c3CCc3cc(OCc5ccc(Cl)cc5)ccc3-4)CC2)CC1. The molecule has 2 aromatic carbocycles. The van der Waals surface area contributed by atoms with Crippen LogP contribution < -0.4 is 15.4 Å². The smallest absolute Gasteiger partial charge is 0.324 e. The molecule has 0 bridgehead atoms. The van der Waals surface area contributed by atoms with Crippen LogP contribution in [-0.2, 0) is 29.0 Å². The normalized spacial score (nSPS) is 21.0. The van der Waals surface area contributed by atoms with Crippen LogP contribution >= 0.6 is 24.0 Å². The van der Waals surface area contributed by atoms with Crippen molar-refractivity contribution in [3.05, 3.63) is 64.2 Å². The molecule has 1 saturated heterocycles. The third kappa shape index (κ3) is 7.50. The number of carboxylic acid groups (broad SMARTS) is 1. The fraction of sp³-hybridized carbons (Fsp3) is 0.471. The predicted octanol–water partition coefficient (Wildman–Crippen LogP) is 5.40. The summed E-state index contributed by atoms with van der Waals surface area (Å²) in [6.07, 6.45) is 3.96. The van der Waals surface area contributed by atoms with Gasteiger partial charge in [-0.2, -0.15) is 10.2 Å². The molecule has 0 amide bonds. The molecule has 10 nitrogen and oxygen atoms in total. The summed E-state index contributed by atoms with van der Waals surface area (Å²) in [6.45, 7) is 6.07. The topological polar surface area (TPSA) is 138 Å². The molecule has 1 aliphatic heterocycles. The Morgan fingerprint density at radius 3 is 2.52 bits per heavy atom. The Morgan fingerprint density at radius 1 is 1.09 bits per heavy atom. The van der Waals surface area contributed by atoms with Gasteiger partial charge >= 0.3 is 5.97 Å². The van der Waals surface area contributed by atoms with Gasteiger partial charge < -0.3 is 25.2 Å².